The molecule has 0 saturated heterocycles. The fourth-order valence-electron chi connectivity index (χ4n) is 2.86. The third-order valence-corrected chi connectivity index (χ3v) is 4.06. The van der Waals surface area contributed by atoms with Crippen LogP contribution < -0.4 is 0 Å². The van der Waals surface area contributed by atoms with Crippen molar-refractivity contribution in [1.82, 2.24) is 4.90 Å². The summed E-state index contributed by atoms with van der Waals surface area (Å²) in [5, 5.41) is 9.26. The van der Waals surface area contributed by atoms with E-state index >= 15 is 0 Å². The van der Waals surface area contributed by atoms with Gasteiger partial charge in [0.15, 0.2) is 5.78 Å². The number of Topliss-reactive ketones (excluding diaryl/α,β-unsaturated/α-hetero) is 1. The van der Waals surface area contributed by atoms with Gasteiger partial charge in [0.25, 0.3) is 0 Å². The first-order chi connectivity index (χ1) is 9.52. The van der Waals surface area contributed by atoms with E-state index in [0.29, 0.717) is 6.42 Å². The zero-order chi connectivity index (χ0) is 14.7. The lowest BCUT2D eigenvalue weighted by molar-refractivity contribution is -0.143. The molecule has 0 aromatic heterocycles. The Kier molecular flexibility index (Phi) is 4.55. The van der Waals surface area contributed by atoms with Crippen LogP contribution in [0.2, 0.25) is 0 Å². The van der Waals surface area contributed by atoms with Crippen LogP contribution >= 0.6 is 0 Å². The second-order valence-electron chi connectivity index (χ2n) is 5.34. The van der Waals surface area contributed by atoms with E-state index < -0.39 is 12.0 Å². The number of aliphatic carboxylic acids is 1. The van der Waals surface area contributed by atoms with Crippen LogP contribution in [0.1, 0.15) is 41.8 Å². The number of carbonyl (C=O) groups is 2. The molecular formula is C16H21NO3. The molecule has 0 bridgehead atoms. The molecule has 2 rings (SSSR count). The van der Waals surface area contributed by atoms with E-state index in [1.807, 2.05) is 30.0 Å². The number of hydrogen-bond acceptors (Lipinski definition) is 3. The predicted octanol–water partition coefficient (Wildman–Crippen LogP) is 2.15. The number of hydrogen-bond donors (Lipinski definition) is 1. The standard InChI is InChI=1S/C16H21NO3/c1-3-15(16(19)20)17-8-6-12-4-5-13(11(2)18)10-14(12)7-9-17/h4-5,10,15H,3,6-9H2,1-2H3,(H,19,20). The number of ketones is 1. The summed E-state index contributed by atoms with van der Waals surface area (Å²) in [5.74, 6) is -0.672. The van der Waals surface area contributed by atoms with Gasteiger partial charge < -0.3 is 5.11 Å². The van der Waals surface area contributed by atoms with Crippen LogP contribution in [0.25, 0.3) is 0 Å². The average Bonchev–Trinajstić information content (AvgIpc) is 2.61. The molecule has 20 heavy (non-hydrogen) atoms. The molecule has 0 saturated carbocycles. The molecule has 0 spiro atoms. The molecule has 1 aromatic carbocycles. The SMILES string of the molecule is CCC(C(=O)O)N1CCc2ccc(C(C)=O)cc2CC1. The van der Waals surface area contributed by atoms with Gasteiger partial charge in [0.05, 0.1) is 0 Å². The number of rotatable bonds is 4. The molecule has 4 heteroatoms. The molecule has 0 radical (unpaired) electrons. The number of carboxylic acid groups (broad SMARTS) is 1. The lowest BCUT2D eigenvalue weighted by Gasteiger charge is -2.26. The van der Waals surface area contributed by atoms with E-state index in [-0.39, 0.29) is 5.78 Å². The Hall–Kier alpha value is -1.68. The van der Waals surface area contributed by atoms with E-state index in [2.05, 4.69) is 0 Å². The van der Waals surface area contributed by atoms with Crippen molar-refractivity contribution in [2.24, 2.45) is 0 Å². The first-order valence-corrected chi connectivity index (χ1v) is 7.12. The maximum Gasteiger partial charge on any atom is 0.320 e. The highest BCUT2D eigenvalue weighted by Gasteiger charge is 2.25. The van der Waals surface area contributed by atoms with Crippen LogP contribution in [0.15, 0.2) is 18.2 Å². The Morgan fingerprint density at radius 1 is 1.25 bits per heavy atom. The fraction of sp³-hybridized carbons (Fsp3) is 0.500. The van der Waals surface area contributed by atoms with E-state index in [1.165, 1.54) is 11.1 Å². The van der Waals surface area contributed by atoms with Gasteiger partial charge in [-0.1, -0.05) is 19.1 Å². The van der Waals surface area contributed by atoms with E-state index in [4.69, 9.17) is 0 Å². The van der Waals surface area contributed by atoms with Gasteiger partial charge in [-0.25, -0.2) is 0 Å². The van der Waals surface area contributed by atoms with Gasteiger partial charge in [-0.2, -0.15) is 0 Å². The van der Waals surface area contributed by atoms with Gasteiger partial charge in [-0.3, -0.25) is 14.5 Å². The minimum absolute atomic E-state index is 0.0749. The topological polar surface area (TPSA) is 57.6 Å². The lowest BCUT2D eigenvalue weighted by Crippen LogP contribution is -2.42. The van der Waals surface area contributed by atoms with Gasteiger partial charge in [0.1, 0.15) is 6.04 Å². The molecule has 0 amide bonds. The minimum Gasteiger partial charge on any atom is -0.480 e. The summed E-state index contributed by atoms with van der Waals surface area (Å²) in [4.78, 5) is 24.7. The summed E-state index contributed by atoms with van der Waals surface area (Å²) in [6, 6.07) is 5.43. The molecule has 1 heterocycles. The molecular weight excluding hydrogens is 254 g/mol. The molecule has 108 valence electrons. The van der Waals surface area contributed by atoms with Gasteiger partial charge in [0, 0.05) is 18.7 Å². The van der Waals surface area contributed by atoms with Gasteiger partial charge >= 0.3 is 5.97 Å². The summed E-state index contributed by atoms with van der Waals surface area (Å²) in [7, 11) is 0. The Morgan fingerprint density at radius 2 is 1.90 bits per heavy atom. The number of benzene rings is 1. The molecule has 1 aliphatic rings. The highest BCUT2D eigenvalue weighted by molar-refractivity contribution is 5.94. The van der Waals surface area contributed by atoms with E-state index in [0.717, 1.165) is 31.5 Å². The summed E-state index contributed by atoms with van der Waals surface area (Å²) in [6.45, 7) is 4.98. The summed E-state index contributed by atoms with van der Waals surface area (Å²) < 4.78 is 0. The van der Waals surface area contributed by atoms with Crippen molar-refractivity contribution in [3.8, 4) is 0 Å². The molecule has 0 aliphatic carbocycles. The molecule has 1 aliphatic heterocycles. The van der Waals surface area contributed by atoms with Gasteiger partial charge in [-0.15, -0.1) is 0 Å². The van der Waals surface area contributed by atoms with Crippen molar-refractivity contribution in [2.75, 3.05) is 13.1 Å². The highest BCUT2D eigenvalue weighted by Crippen LogP contribution is 2.20. The number of fused-ring (bicyclic) bond motifs is 1. The van der Waals surface area contributed by atoms with Crippen molar-refractivity contribution < 1.29 is 14.7 Å². The Balaban J connectivity index is 2.18. The number of nitrogens with zero attached hydrogens (tertiary/aromatic N) is 1. The van der Waals surface area contributed by atoms with Crippen molar-refractivity contribution in [2.45, 2.75) is 39.2 Å². The van der Waals surface area contributed by atoms with Gasteiger partial charge in [-0.05, 0) is 43.4 Å². The first-order valence-electron chi connectivity index (χ1n) is 7.12. The molecule has 1 unspecified atom stereocenters. The monoisotopic (exact) mass is 275 g/mol. The van der Waals surface area contributed by atoms with E-state index in [9.17, 15) is 14.7 Å². The third kappa shape index (κ3) is 3.07. The second-order valence-corrected chi connectivity index (χ2v) is 5.34. The smallest absolute Gasteiger partial charge is 0.320 e. The number of carbonyl (C=O) groups excluding carboxylic acids is 1. The first kappa shape index (κ1) is 14.7. The zero-order valence-electron chi connectivity index (χ0n) is 12.1. The summed E-state index contributed by atoms with van der Waals surface area (Å²) in [6.07, 6.45) is 2.27. The molecule has 1 aromatic rings. The highest BCUT2D eigenvalue weighted by atomic mass is 16.4. The maximum absolute atomic E-state index is 11.4. The van der Waals surface area contributed by atoms with Crippen molar-refractivity contribution >= 4 is 11.8 Å². The quantitative estimate of drug-likeness (QED) is 0.855. The van der Waals surface area contributed by atoms with Crippen molar-refractivity contribution in [1.29, 1.82) is 0 Å². The van der Waals surface area contributed by atoms with Crippen LogP contribution in [-0.2, 0) is 17.6 Å². The van der Waals surface area contributed by atoms with Gasteiger partial charge in [0.2, 0.25) is 0 Å². The Labute approximate surface area is 119 Å². The van der Waals surface area contributed by atoms with Crippen LogP contribution in [0.4, 0.5) is 0 Å². The van der Waals surface area contributed by atoms with Crippen molar-refractivity contribution in [3.63, 3.8) is 0 Å². The zero-order valence-corrected chi connectivity index (χ0v) is 12.1. The average molecular weight is 275 g/mol. The molecule has 0 fully saturated rings. The second kappa shape index (κ2) is 6.18. The predicted molar refractivity (Wildman–Crippen MR) is 77.1 cm³/mol. The Morgan fingerprint density at radius 3 is 2.45 bits per heavy atom. The minimum atomic E-state index is -0.747. The van der Waals surface area contributed by atoms with Crippen LogP contribution in [0.3, 0.4) is 0 Å². The van der Waals surface area contributed by atoms with Crippen molar-refractivity contribution in [3.05, 3.63) is 34.9 Å². The molecule has 1 atom stereocenters. The van der Waals surface area contributed by atoms with Crippen LogP contribution in [0.5, 0.6) is 0 Å². The lowest BCUT2D eigenvalue weighted by atomic mass is 9.99. The van der Waals surface area contributed by atoms with Crippen LogP contribution in [0, 0.1) is 0 Å². The normalized spacial score (nSPS) is 17.1. The third-order valence-electron chi connectivity index (χ3n) is 4.06. The fourth-order valence-corrected chi connectivity index (χ4v) is 2.86. The molecule has 4 nitrogen and oxygen atoms in total. The van der Waals surface area contributed by atoms with Crippen LogP contribution in [-0.4, -0.2) is 40.9 Å². The Bertz CT molecular complexity index is 524. The van der Waals surface area contributed by atoms with E-state index in [1.54, 1.807) is 6.92 Å². The summed E-state index contributed by atoms with van der Waals surface area (Å²) >= 11 is 0. The number of carboxylic acids is 1. The largest absolute Gasteiger partial charge is 0.480 e. The maximum atomic E-state index is 11.4. The molecule has 1 N–H and O–H groups in total. The summed E-state index contributed by atoms with van der Waals surface area (Å²) in [5.41, 5.74) is 3.15.